The standard InChI is InChI=1S/C17H23NO3/c1-2-21-17(20)9-8-15-13-18(11-10-16(15)19)12-14-6-4-3-5-7-14/h3-7,15H,2,8-13H2,1H3. The normalized spacial score (nSPS) is 19.5. The maximum atomic E-state index is 12.0. The zero-order chi connectivity index (χ0) is 15.1. The van der Waals surface area contributed by atoms with Crippen LogP contribution in [0.1, 0.15) is 31.7 Å². The Balaban J connectivity index is 1.84. The van der Waals surface area contributed by atoms with Crippen LogP contribution in [-0.4, -0.2) is 36.3 Å². The maximum absolute atomic E-state index is 12.0. The zero-order valence-electron chi connectivity index (χ0n) is 12.6. The molecule has 0 radical (unpaired) electrons. The van der Waals surface area contributed by atoms with E-state index in [1.807, 2.05) is 18.2 Å². The highest BCUT2D eigenvalue weighted by atomic mass is 16.5. The lowest BCUT2D eigenvalue weighted by molar-refractivity contribution is -0.143. The van der Waals surface area contributed by atoms with E-state index in [0.717, 1.165) is 19.6 Å². The molecule has 1 heterocycles. The molecule has 114 valence electrons. The van der Waals surface area contributed by atoms with Gasteiger partial charge in [-0.15, -0.1) is 0 Å². The average Bonchev–Trinajstić information content (AvgIpc) is 2.49. The van der Waals surface area contributed by atoms with Gasteiger partial charge in [-0.3, -0.25) is 14.5 Å². The van der Waals surface area contributed by atoms with Gasteiger partial charge in [-0.2, -0.15) is 0 Å². The van der Waals surface area contributed by atoms with Crippen LogP contribution in [0, 0.1) is 5.92 Å². The third-order valence-corrected chi connectivity index (χ3v) is 3.86. The van der Waals surface area contributed by atoms with Crippen molar-refractivity contribution in [2.75, 3.05) is 19.7 Å². The second-order valence-corrected chi connectivity index (χ2v) is 5.48. The number of likely N-dealkylation sites (tertiary alicyclic amines) is 1. The van der Waals surface area contributed by atoms with Crippen LogP contribution in [-0.2, 0) is 20.9 Å². The van der Waals surface area contributed by atoms with Gasteiger partial charge in [0.25, 0.3) is 0 Å². The summed E-state index contributed by atoms with van der Waals surface area (Å²) >= 11 is 0. The fourth-order valence-corrected chi connectivity index (χ4v) is 2.74. The Kier molecular flexibility index (Phi) is 5.93. The lowest BCUT2D eigenvalue weighted by Gasteiger charge is -2.31. The SMILES string of the molecule is CCOC(=O)CCC1CN(Cc2ccccc2)CCC1=O. The second-order valence-electron chi connectivity index (χ2n) is 5.48. The largest absolute Gasteiger partial charge is 0.466 e. The number of esters is 1. The van der Waals surface area contributed by atoms with Gasteiger partial charge in [0.05, 0.1) is 6.61 Å². The summed E-state index contributed by atoms with van der Waals surface area (Å²) in [5, 5.41) is 0. The minimum atomic E-state index is -0.203. The lowest BCUT2D eigenvalue weighted by Crippen LogP contribution is -2.40. The molecule has 0 bridgehead atoms. The first-order valence-electron chi connectivity index (χ1n) is 7.63. The van der Waals surface area contributed by atoms with Crippen molar-refractivity contribution in [2.45, 2.75) is 32.7 Å². The molecular formula is C17H23NO3. The quantitative estimate of drug-likeness (QED) is 0.755. The van der Waals surface area contributed by atoms with E-state index in [1.54, 1.807) is 6.92 Å². The first kappa shape index (κ1) is 15.7. The number of piperidine rings is 1. The number of hydrogen-bond donors (Lipinski definition) is 0. The molecule has 2 rings (SSSR count). The van der Waals surface area contributed by atoms with Crippen molar-refractivity contribution >= 4 is 11.8 Å². The highest BCUT2D eigenvalue weighted by Crippen LogP contribution is 2.20. The van der Waals surface area contributed by atoms with Gasteiger partial charge in [-0.1, -0.05) is 30.3 Å². The molecule has 1 saturated heterocycles. The number of carbonyl (C=O) groups excluding carboxylic acids is 2. The van der Waals surface area contributed by atoms with E-state index in [-0.39, 0.29) is 17.7 Å². The molecule has 0 aromatic heterocycles. The molecule has 0 saturated carbocycles. The number of Topliss-reactive ketones (excluding diaryl/α,β-unsaturated/α-hetero) is 1. The Hall–Kier alpha value is -1.68. The predicted octanol–water partition coefficient (Wildman–Crippen LogP) is 2.42. The van der Waals surface area contributed by atoms with Crippen LogP contribution < -0.4 is 0 Å². The van der Waals surface area contributed by atoms with Crippen LogP contribution in [0.5, 0.6) is 0 Å². The molecule has 1 unspecified atom stereocenters. The molecule has 0 aliphatic carbocycles. The third kappa shape index (κ3) is 4.97. The summed E-state index contributed by atoms with van der Waals surface area (Å²) < 4.78 is 4.93. The van der Waals surface area contributed by atoms with E-state index in [4.69, 9.17) is 4.74 Å². The molecule has 1 aromatic rings. The van der Waals surface area contributed by atoms with Gasteiger partial charge in [0.2, 0.25) is 0 Å². The van der Waals surface area contributed by atoms with E-state index in [1.165, 1.54) is 5.56 Å². The summed E-state index contributed by atoms with van der Waals surface area (Å²) in [5.41, 5.74) is 1.26. The summed E-state index contributed by atoms with van der Waals surface area (Å²) in [5.74, 6) is 0.0426. The molecule has 1 fully saturated rings. The Morgan fingerprint density at radius 1 is 1.33 bits per heavy atom. The fourth-order valence-electron chi connectivity index (χ4n) is 2.74. The molecule has 0 N–H and O–H groups in total. The van der Waals surface area contributed by atoms with Crippen molar-refractivity contribution in [1.29, 1.82) is 0 Å². The average molecular weight is 289 g/mol. The zero-order valence-corrected chi connectivity index (χ0v) is 12.6. The summed E-state index contributed by atoms with van der Waals surface area (Å²) in [7, 11) is 0. The minimum absolute atomic E-state index is 0.0353. The maximum Gasteiger partial charge on any atom is 0.305 e. The van der Waals surface area contributed by atoms with E-state index in [0.29, 0.717) is 25.9 Å². The number of rotatable bonds is 6. The van der Waals surface area contributed by atoms with Crippen molar-refractivity contribution in [3.63, 3.8) is 0 Å². The number of nitrogens with zero attached hydrogens (tertiary/aromatic N) is 1. The van der Waals surface area contributed by atoms with E-state index in [2.05, 4.69) is 17.0 Å². The van der Waals surface area contributed by atoms with E-state index >= 15 is 0 Å². The highest BCUT2D eigenvalue weighted by Gasteiger charge is 2.27. The van der Waals surface area contributed by atoms with Crippen LogP contribution >= 0.6 is 0 Å². The Morgan fingerprint density at radius 2 is 2.10 bits per heavy atom. The van der Waals surface area contributed by atoms with Crippen molar-refractivity contribution in [3.8, 4) is 0 Å². The van der Waals surface area contributed by atoms with E-state index < -0.39 is 0 Å². The van der Waals surface area contributed by atoms with E-state index in [9.17, 15) is 9.59 Å². The van der Waals surface area contributed by atoms with Crippen molar-refractivity contribution < 1.29 is 14.3 Å². The van der Waals surface area contributed by atoms with Gasteiger partial charge < -0.3 is 4.74 Å². The van der Waals surface area contributed by atoms with Gasteiger partial charge in [0.15, 0.2) is 0 Å². The number of carbonyl (C=O) groups is 2. The first-order chi connectivity index (χ1) is 10.2. The summed E-state index contributed by atoms with van der Waals surface area (Å²) in [6.45, 7) is 4.61. The van der Waals surface area contributed by atoms with Crippen LogP contribution in [0.4, 0.5) is 0 Å². The van der Waals surface area contributed by atoms with Crippen LogP contribution in [0.3, 0.4) is 0 Å². The number of hydrogen-bond acceptors (Lipinski definition) is 4. The molecule has 1 aliphatic rings. The van der Waals surface area contributed by atoms with Gasteiger partial charge in [0.1, 0.15) is 5.78 Å². The van der Waals surface area contributed by atoms with Crippen molar-refractivity contribution in [2.24, 2.45) is 5.92 Å². The monoisotopic (exact) mass is 289 g/mol. The number of ketones is 1. The third-order valence-electron chi connectivity index (χ3n) is 3.86. The molecule has 21 heavy (non-hydrogen) atoms. The first-order valence-corrected chi connectivity index (χ1v) is 7.63. The number of benzene rings is 1. The van der Waals surface area contributed by atoms with Crippen molar-refractivity contribution in [1.82, 2.24) is 4.90 Å². The summed E-state index contributed by atoms with van der Waals surface area (Å²) in [6.07, 6.45) is 1.52. The molecular weight excluding hydrogens is 266 g/mol. The summed E-state index contributed by atoms with van der Waals surface area (Å²) in [4.78, 5) is 25.7. The van der Waals surface area contributed by atoms with Gasteiger partial charge >= 0.3 is 5.97 Å². The molecule has 0 spiro atoms. The van der Waals surface area contributed by atoms with Crippen LogP contribution in [0.25, 0.3) is 0 Å². The molecule has 4 heteroatoms. The van der Waals surface area contributed by atoms with Crippen molar-refractivity contribution in [3.05, 3.63) is 35.9 Å². The molecule has 1 atom stereocenters. The molecule has 4 nitrogen and oxygen atoms in total. The fraction of sp³-hybridized carbons (Fsp3) is 0.529. The number of ether oxygens (including phenoxy) is 1. The molecule has 1 aliphatic heterocycles. The molecule has 1 aromatic carbocycles. The highest BCUT2D eigenvalue weighted by molar-refractivity contribution is 5.82. The molecule has 0 amide bonds. The predicted molar refractivity (Wildman–Crippen MR) is 80.7 cm³/mol. The lowest BCUT2D eigenvalue weighted by atomic mass is 9.91. The van der Waals surface area contributed by atoms with Gasteiger partial charge in [0, 0.05) is 38.4 Å². The Labute approximate surface area is 126 Å². The second kappa shape index (κ2) is 7.93. The smallest absolute Gasteiger partial charge is 0.305 e. The van der Waals surface area contributed by atoms with Crippen LogP contribution in [0.15, 0.2) is 30.3 Å². The summed E-state index contributed by atoms with van der Waals surface area (Å²) in [6, 6.07) is 10.3. The topological polar surface area (TPSA) is 46.6 Å². The van der Waals surface area contributed by atoms with Gasteiger partial charge in [-0.05, 0) is 18.9 Å². The van der Waals surface area contributed by atoms with Gasteiger partial charge in [-0.25, -0.2) is 0 Å². The van der Waals surface area contributed by atoms with Crippen LogP contribution in [0.2, 0.25) is 0 Å². The minimum Gasteiger partial charge on any atom is -0.466 e. The Bertz CT molecular complexity index is 472. The Morgan fingerprint density at radius 3 is 2.81 bits per heavy atom.